The lowest BCUT2D eigenvalue weighted by Gasteiger charge is -2.40. The molecular weight excluding hydrogens is 332 g/mol. The minimum absolute atomic E-state index is 0.0210. The first kappa shape index (κ1) is 16.9. The van der Waals surface area contributed by atoms with E-state index in [0.29, 0.717) is 31.7 Å². The van der Waals surface area contributed by atoms with Gasteiger partial charge in [0.05, 0.1) is 0 Å². The van der Waals surface area contributed by atoms with E-state index in [1.54, 1.807) is 4.52 Å². The molecule has 4 heterocycles. The first-order valence-electron chi connectivity index (χ1n) is 9.27. The Labute approximate surface area is 152 Å². The molecule has 2 aliphatic heterocycles. The minimum atomic E-state index is -0.618. The van der Waals surface area contributed by atoms with Crippen LogP contribution in [-0.4, -0.2) is 54.9 Å². The molecule has 2 saturated heterocycles. The van der Waals surface area contributed by atoms with Crippen molar-refractivity contribution >= 4 is 17.6 Å². The average molecular weight is 356 g/mol. The van der Waals surface area contributed by atoms with Crippen molar-refractivity contribution in [3.8, 4) is 0 Å². The van der Waals surface area contributed by atoms with Crippen LogP contribution in [0.25, 0.3) is 5.78 Å². The fraction of sp³-hybridized carbons (Fsp3) is 0.611. The molecule has 8 nitrogen and oxygen atoms in total. The van der Waals surface area contributed by atoms with Crippen molar-refractivity contribution in [1.29, 1.82) is 0 Å². The summed E-state index contributed by atoms with van der Waals surface area (Å²) in [6.07, 6.45) is 5.82. The number of piperidine rings is 1. The molecular formula is C18H24N6O2. The number of rotatable bonds is 3. The van der Waals surface area contributed by atoms with Gasteiger partial charge in [0, 0.05) is 30.9 Å². The molecule has 0 bridgehead atoms. The summed E-state index contributed by atoms with van der Waals surface area (Å²) in [5.74, 6) is 0.650. The number of aryl methyl sites for hydroxylation is 2. The number of hydrogen-bond acceptors (Lipinski definition) is 5. The van der Waals surface area contributed by atoms with Crippen molar-refractivity contribution in [3.05, 3.63) is 23.3 Å². The van der Waals surface area contributed by atoms with Crippen LogP contribution in [0.1, 0.15) is 49.1 Å². The molecule has 4 rings (SSSR count). The third-order valence-electron chi connectivity index (χ3n) is 5.84. The zero-order valence-corrected chi connectivity index (χ0v) is 15.3. The number of nitrogens with zero attached hydrogens (tertiary/aromatic N) is 5. The van der Waals surface area contributed by atoms with Crippen LogP contribution in [0.4, 0.5) is 0 Å². The fourth-order valence-electron chi connectivity index (χ4n) is 4.48. The second kappa shape index (κ2) is 6.34. The predicted octanol–water partition coefficient (Wildman–Crippen LogP) is 0.945. The monoisotopic (exact) mass is 356 g/mol. The van der Waals surface area contributed by atoms with Gasteiger partial charge in [0.15, 0.2) is 0 Å². The molecule has 0 radical (unpaired) electrons. The van der Waals surface area contributed by atoms with Gasteiger partial charge in [-0.1, -0.05) is 0 Å². The number of carbonyl (C=O) groups is 2. The molecule has 1 N–H and O–H groups in total. The van der Waals surface area contributed by atoms with Crippen LogP contribution < -0.4 is 5.32 Å². The number of likely N-dealkylation sites (tertiary alicyclic amines) is 1. The van der Waals surface area contributed by atoms with Gasteiger partial charge in [-0.15, -0.1) is 0 Å². The topological polar surface area (TPSA) is 92.5 Å². The molecule has 8 heteroatoms. The second-order valence-electron chi connectivity index (χ2n) is 7.27. The molecule has 26 heavy (non-hydrogen) atoms. The lowest BCUT2D eigenvalue weighted by Crippen LogP contribution is -2.60. The number of nitrogens with one attached hydrogen (secondary N) is 1. The van der Waals surface area contributed by atoms with E-state index in [-0.39, 0.29) is 11.8 Å². The van der Waals surface area contributed by atoms with Crippen LogP contribution in [0.3, 0.4) is 0 Å². The third kappa shape index (κ3) is 2.55. The van der Waals surface area contributed by atoms with E-state index in [4.69, 9.17) is 0 Å². The Bertz CT molecular complexity index is 876. The smallest absolute Gasteiger partial charge is 0.252 e. The maximum atomic E-state index is 13.0. The van der Waals surface area contributed by atoms with Gasteiger partial charge >= 0.3 is 0 Å². The Hall–Kier alpha value is -2.51. The van der Waals surface area contributed by atoms with Gasteiger partial charge in [0.1, 0.15) is 11.9 Å². The average Bonchev–Trinajstić information content (AvgIpc) is 3.25. The molecule has 2 amide bonds. The molecule has 0 aromatic carbocycles. The van der Waals surface area contributed by atoms with Crippen molar-refractivity contribution < 1.29 is 9.59 Å². The molecule has 2 fully saturated rings. The number of hydrogen-bond donors (Lipinski definition) is 1. The van der Waals surface area contributed by atoms with E-state index in [1.165, 1.54) is 6.33 Å². The lowest BCUT2D eigenvalue weighted by atomic mass is 9.86. The normalized spacial score (nSPS) is 23.0. The highest BCUT2D eigenvalue weighted by Gasteiger charge is 2.50. The van der Waals surface area contributed by atoms with E-state index >= 15 is 0 Å². The van der Waals surface area contributed by atoms with Gasteiger partial charge < -0.3 is 10.2 Å². The first-order valence-corrected chi connectivity index (χ1v) is 9.27. The fourth-order valence-corrected chi connectivity index (χ4v) is 4.48. The Balaban J connectivity index is 1.53. The molecule has 0 aliphatic carbocycles. The summed E-state index contributed by atoms with van der Waals surface area (Å²) in [6.45, 7) is 5.30. The van der Waals surface area contributed by atoms with Crippen LogP contribution in [0.15, 0.2) is 6.33 Å². The van der Waals surface area contributed by atoms with E-state index in [9.17, 15) is 9.59 Å². The van der Waals surface area contributed by atoms with Crippen LogP contribution in [0, 0.1) is 13.8 Å². The summed E-state index contributed by atoms with van der Waals surface area (Å²) in [7, 11) is 0. The summed E-state index contributed by atoms with van der Waals surface area (Å²) in [6, 6.07) is 0. The van der Waals surface area contributed by atoms with E-state index < -0.39 is 5.54 Å². The Morgan fingerprint density at radius 2 is 2.12 bits per heavy atom. The Kier molecular flexibility index (Phi) is 4.13. The summed E-state index contributed by atoms with van der Waals surface area (Å²) < 4.78 is 1.71. The number of carbonyl (C=O) groups excluding carboxylic acids is 2. The van der Waals surface area contributed by atoms with Gasteiger partial charge in [-0.2, -0.15) is 10.1 Å². The highest BCUT2D eigenvalue weighted by atomic mass is 16.2. The molecule has 1 unspecified atom stereocenters. The summed E-state index contributed by atoms with van der Waals surface area (Å²) in [5.41, 5.74) is 2.25. The van der Waals surface area contributed by atoms with Gasteiger partial charge in [-0.3, -0.25) is 9.59 Å². The van der Waals surface area contributed by atoms with Crippen molar-refractivity contribution in [2.75, 3.05) is 13.1 Å². The largest absolute Gasteiger partial charge is 0.354 e. The molecule has 138 valence electrons. The van der Waals surface area contributed by atoms with Crippen molar-refractivity contribution in [3.63, 3.8) is 0 Å². The minimum Gasteiger partial charge on any atom is -0.354 e. The standard InChI is InChI=1S/C18H24N6O2/c1-12-14(13(2)24-17(22-12)20-11-21-24)5-6-15(25)23-10-4-8-18(23)7-3-9-19-16(18)26/h11H,3-10H2,1-2H3,(H,19,26). The van der Waals surface area contributed by atoms with Crippen LogP contribution >= 0.6 is 0 Å². The molecule has 2 aromatic heterocycles. The Morgan fingerprint density at radius 3 is 2.92 bits per heavy atom. The maximum Gasteiger partial charge on any atom is 0.252 e. The van der Waals surface area contributed by atoms with E-state index in [0.717, 1.165) is 42.6 Å². The molecule has 1 spiro atoms. The Morgan fingerprint density at radius 1 is 1.31 bits per heavy atom. The van der Waals surface area contributed by atoms with Crippen molar-refractivity contribution in [1.82, 2.24) is 29.8 Å². The van der Waals surface area contributed by atoms with Gasteiger partial charge in [-0.25, -0.2) is 9.50 Å². The van der Waals surface area contributed by atoms with E-state index in [1.807, 2.05) is 18.7 Å². The van der Waals surface area contributed by atoms with Crippen molar-refractivity contribution in [2.24, 2.45) is 0 Å². The van der Waals surface area contributed by atoms with E-state index in [2.05, 4.69) is 20.4 Å². The molecule has 2 aromatic rings. The highest BCUT2D eigenvalue weighted by Crippen LogP contribution is 2.36. The van der Waals surface area contributed by atoms with Gasteiger partial charge in [0.25, 0.3) is 5.78 Å². The zero-order valence-electron chi connectivity index (χ0n) is 15.3. The van der Waals surface area contributed by atoms with Crippen LogP contribution in [-0.2, 0) is 16.0 Å². The van der Waals surface area contributed by atoms with Crippen LogP contribution in [0.5, 0.6) is 0 Å². The van der Waals surface area contributed by atoms with Crippen LogP contribution in [0.2, 0.25) is 0 Å². The summed E-state index contributed by atoms with van der Waals surface area (Å²) >= 11 is 0. The highest BCUT2D eigenvalue weighted by molar-refractivity contribution is 5.92. The van der Waals surface area contributed by atoms with Crippen molar-refractivity contribution in [2.45, 2.75) is 57.9 Å². The third-order valence-corrected chi connectivity index (χ3v) is 5.84. The SMILES string of the molecule is Cc1nc2ncnn2c(C)c1CCC(=O)N1CCCC12CCCNC2=O. The molecule has 1 atom stereocenters. The lowest BCUT2D eigenvalue weighted by molar-refractivity contribution is -0.147. The first-order chi connectivity index (χ1) is 12.5. The quantitative estimate of drug-likeness (QED) is 0.884. The maximum absolute atomic E-state index is 13.0. The summed E-state index contributed by atoms with van der Waals surface area (Å²) in [5, 5.41) is 7.15. The van der Waals surface area contributed by atoms with Gasteiger partial charge in [-0.05, 0) is 51.5 Å². The second-order valence-corrected chi connectivity index (χ2v) is 7.27. The number of aromatic nitrogens is 4. The number of amides is 2. The predicted molar refractivity (Wildman–Crippen MR) is 94.5 cm³/mol. The number of fused-ring (bicyclic) bond motifs is 1. The van der Waals surface area contributed by atoms with Gasteiger partial charge in [0.2, 0.25) is 11.8 Å². The molecule has 0 saturated carbocycles. The zero-order chi connectivity index (χ0) is 18.3. The molecule has 2 aliphatic rings. The summed E-state index contributed by atoms with van der Waals surface area (Å²) in [4.78, 5) is 35.9.